The number of rotatable bonds is 12. The van der Waals surface area contributed by atoms with Crippen LogP contribution in [0.1, 0.15) is 57.8 Å². The van der Waals surface area contributed by atoms with Crippen LogP contribution < -0.4 is 16.8 Å². The van der Waals surface area contributed by atoms with Gasteiger partial charge in [-0.25, -0.2) is 9.67 Å². The molecule has 0 radical (unpaired) electrons. The Kier molecular flexibility index (Phi) is 8.59. The molecule has 5 atom stereocenters. The van der Waals surface area contributed by atoms with Gasteiger partial charge in [-0.1, -0.05) is 56.3 Å². The van der Waals surface area contributed by atoms with Crippen molar-refractivity contribution in [3.63, 3.8) is 0 Å². The number of carbonyl (C=O) groups is 1. The number of nitro benzene ring substituents is 1. The Morgan fingerprint density at radius 1 is 1.20 bits per heavy atom. The first-order valence-corrected chi connectivity index (χ1v) is 15.8. The second-order valence-corrected chi connectivity index (χ2v) is 13.4. The van der Waals surface area contributed by atoms with Crippen molar-refractivity contribution in [2.75, 3.05) is 6.54 Å². The molecular formula is C32H41BN8O5. The third kappa shape index (κ3) is 6.23. The molecule has 46 heavy (non-hydrogen) atoms. The Bertz CT molecular complexity index is 1630. The minimum atomic E-state index is -0.617. The number of aliphatic imine (C=N–C) groups is 1. The summed E-state index contributed by atoms with van der Waals surface area (Å²) in [6.07, 6.45) is 3.61. The first kappa shape index (κ1) is 31.7. The maximum absolute atomic E-state index is 13.7. The molecule has 4 fully saturated rings. The summed E-state index contributed by atoms with van der Waals surface area (Å²) in [6.45, 7) is 7.08. The van der Waals surface area contributed by atoms with E-state index < -0.39 is 23.6 Å². The molecule has 7 rings (SSSR count). The van der Waals surface area contributed by atoms with E-state index in [2.05, 4.69) is 36.2 Å². The average molecular weight is 629 g/mol. The van der Waals surface area contributed by atoms with Gasteiger partial charge < -0.3 is 26.1 Å². The molecule has 5 N–H and O–H groups in total. The fourth-order valence-electron chi connectivity index (χ4n) is 7.55. The van der Waals surface area contributed by atoms with Gasteiger partial charge >= 0.3 is 7.12 Å². The van der Waals surface area contributed by atoms with Gasteiger partial charge in [0.2, 0.25) is 5.91 Å². The lowest BCUT2D eigenvalue weighted by molar-refractivity contribution is -0.384. The van der Waals surface area contributed by atoms with E-state index in [4.69, 9.17) is 25.8 Å². The Morgan fingerprint density at radius 3 is 2.70 bits per heavy atom. The van der Waals surface area contributed by atoms with Gasteiger partial charge in [0, 0.05) is 30.7 Å². The number of aromatic nitrogens is 3. The molecule has 1 aromatic heterocycles. The number of nitrogens with one attached hydrogen (secondary N) is 1. The lowest BCUT2D eigenvalue weighted by atomic mass is 9.43. The summed E-state index contributed by atoms with van der Waals surface area (Å²) in [4.78, 5) is 33.5. The van der Waals surface area contributed by atoms with Gasteiger partial charge in [-0.05, 0) is 55.4 Å². The molecule has 13 nitrogen and oxygen atoms in total. The molecular weight excluding hydrogens is 587 g/mol. The monoisotopic (exact) mass is 628 g/mol. The van der Waals surface area contributed by atoms with E-state index >= 15 is 0 Å². The predicted molar refractivity (Wildman–Crippen MR) is 173 cm³/mol. The molecule has 2 bridgehead atoms. The summed E-state index contributed by atoms with van der Waals surface area (Å²) < 4.78 is 14.8. The lowest BCUT2D eigenvalue weighted by Gasteiger charge is -2.64. The molecule has 5 unspecified atom stereocenters. The van der Waals surface area contributed by atoms with Gasteiger partial charge in [-0.2, -0.15) is 5.10 Å². The minimum absolute atomic E-state index is 0.0196. The highest BCUT2D eigenvalue weighted by molar-refractivity contribution is 6.47. The van der Waals surface area contributed by atoms with Crippen LogP contribution in [0.15, 0.2) is 59.6 Å². The van der Waals surface area contributed by atoms with Crippen LogP contribution in [0.2, 0.25) is 0 Å². The lowest BCUT2D eigenvalue weighted by Crippen LogP contribution is -2.65. The zero-order chi connectivity index (χ0) is 32.6. The molecule has 2 heterocycles. The molecule has 4 aliphatic rings. The van der Waals surface area contributed by atoms with Crippen molar-refractivity contribution in [3.05, 3.63) is 76.1 Å². The summed E-state index contributed by atoms with van der Waals surface area (Å²) in [7, 11) is -0.617. The molecule has 3 aliphatic carbocycles. The molecule has 14 heteroatoms. The van der Waals surface area contributed by atoms with Gasteiger partial charge in [0.1, 0.15) is 12.4 Å². The van der Waals surface area contributed by atoms with Gasteiger partial charge in [-0.15, -0.1) is 0 Å². The first-order valence-electron chi connectivity index (χ1n) is 15.8. The first-order chi connectivity index (χ1) is 21.9. The van der Waals surface area contributed by atoms with Crippen LogP contribution in [0.25, 0.3) is 11.4 Å². The Balaban J connectivity index is 1.23. The van der Waals surface area contributed by atoms with Crippen LogP contribution in [-0.4, -0.2) is 62.9 Å². The number of nitrogens with zero attached hydrogens (tertiary/aromatic N) is 5. The normalized spacial score (nSPS) is 24.8. The summed E-state index contributed by atoms with van der Waals surface area (Å²) in [5.74, 6) is 1.14. The van der Waals surface area contributed by atoms with Crippen LogP contribution in [0.4, 0.5) is 5.69 Å². The van der Waals surface area contributed by atoms with Crippen LogP contribution >= 0.6 is 0 Å². The molecule has 242 valence electrons. The van der Waals surface area contributed by atoms with Crippen molar-refractivity contribution < 1.29 is 19.0 Å². The fourth-order valence-corrected chi connectivity index (χ4v) is 7.55. The average Bonchev–Trinajstić information content (AvgIpc) is 3.59. The molecule has 2 aromatic carbocycles. The number of non-ortho nitro benzene ring substituents is 1. The molecule has 1 saturated heterocycles. The number of benzene rings is 2. The van der Waals surface area contributed by atoms with E-state index in [0.29, 0.717) is 54.9 Å². The number of carbonyl (C=O) groups excluding carboxylic acids is 1. The number of nitrogens with two attached hydrogens (primary N) is 2. The number of amides is 1. The molecule has 3 saturated carbocycles. The Hall–Kier alpha value is -4.30. The summed E-state index contributed by atoms with van der Waals surface area (Å²) in [5, 5.41) is 19.2. The molecule has 3 aromatic rings. The SMILES string of the molecule is CC1(C)C2CC3OB(C(CCCN=C(N)N)NC(=O)Cn4nc(-c5cccc([N+](=O)[O-])c5)nc4Cc4ccccc4)OC3(C)C1C2. The maximum Gasteiger partial charge on any atom is 0.481 e. The number of nitro groups is 1. The predicted octanol–water partition coefficient (Wildman–Crippen LogP) is 3.25. The van der Waals surface area contributed by atoms with Gasteiger partial charge in [0.15, 0.2) is 11.8 Å². The van der Waals surface area contributed by atoms with Gasteiger partial charge in [0.05, 0.1) is 22.6 Å². The van der Waals surface area contributed by atoms with Crippen LogP contribution in [0.5, 0.6) is 0 Å². The third-order valence-electron chi connectivity index (χ3n) is 10.2. The molecule has 0 spiro atoms. The third-order valence-corrected chi connectivity index (χ3v) is 10.2. The second kappa shape index (κ2) is 12.5. The topological polar surface area (TPSA) is 186 Å². The number of hydrogen-bond donors (Lipinski definition) is 3. The molecule has 1 amide bonds. The Labute approximate surface area is 268 Å². The highest BCUT2D eigenvalue weighted by Gasteiger charge is 2.68. The van der Waals surface area contributed by atoms with Crippen molar-refractivity contribution in [2.45, 2.75) is 77.1 Å². The van der Waals surface area contributed by atoms with Gasteiger partial charge in [-0.3, -0.25) is 19.9 Å². The van der Waals surface area contributed by atoms with Crippen LogP contribution in [0, 0.1) is 27.4 Å². The van der Waals surface area contributed by atoms with Crippen LogP contribution in [0.3, 0.4) is 0 Å². The molecule has 1 aliphatic heterocycles. The number of hydrogen-bond acceptors (Lipinski definition) is 8. The van der Waals surface area contributed by atoms with Gasteiger partial charge in [0.25, 0.3) is 5.69 Å². The van der Waals surface area contributed by atoms with E-state index in [1.54, 1.807) is 16.8 Å². The summed E-state index contributed by atoms with van der Waals surface area (Å²) in [5.41, 5.74) is 12.3. The highest BCUT2D eigenvalue weighted by atomic mass is 16.7. The zero-order valence-electron chi connectivity index (χ0n) is 26.5. The smallest absolute Gasteiger partial charge is 0.404 e. The van der Waals surface area contributed by atoms with E-state index in [1.165, 1.54) is 12.1 Å². The minimum Gasteiger partial charge on any atom is -0.404 e. The second-order valence-electron chi connectivity index (χ2n) is 13.4. The van der Waals surface area contributed by atoms with Crippen molar-refractivity contribution in [3.8, 4) is 11.4 Å². The van der Waals surface area contributed by atoms with Crippen LogP contribution in [-0.2, 0) is 27.1 Å². The number of guanidine groups is 1. The van der Waals surface area contributed by atoms with E-state index in [9.17, 15) is 14.9 Å². The largest absolute Gasteiger partial charge is 0.481 e. The van der Waals surface area contributed by atoms with E-state index in [-0.39, 0.29) is 35.6 Å². The quantitative estimate of drug-likeness (QED) is 0.0676. The van der Waals surface area contributed by atoms with E-state index in [0.717, 1.165) is 18.4 Å². The highest BCUT2D eigenvalue weighted by Crippen LogP contribution is 2.65. The fraction of sp³-hybridized carbons (Fsp3) is 0.500. The van der Waals surface area contributed by atoms with Crippen molar-refractivity contribution in [1.29, 1.82) is 0 Å². The van der Waals surface area contributed by atoms with E-state index in [1.807, 2.05) is 30.3 Å². The maximum atomic E-state index is 13.7. The Morgan fingerprint density at radius 2 is 1.98 bits per heavy atom. The van der Waals surface area contributed by atoms with Crippen molar-refractivity contribution in [1.82, 2.24) is 20.1 Å². The van der Waals surface area contributed by atoms with Crippen molar-refractivity contribution in [2.24, 2.45) is 33.7 Å². The summed E-state index contributed by atoms with van der Waals surface area (Å²) in [6, 6.07) is 15.9. The zero-order valence-corrected chi connectivity index (χ0v) is 26.5. The summed E-state index contributed by atoms with van der Waals surface area (Å²) >= 11 is 0. The standard InChI is InChI=1S/C32H41BN8O5/c1-31(2)22-17-24(31)32(3)25(18-22)45-33(46-32)26(13-8-14-36-30(34)35)37-28(42)19-40-27(15-20-9-5-4-6-10-20)38-29(39-40)21-11-7-12-23(16-21)41(43)44/h4-7,9-12,16,22,24-26H,8,13-15,17-19H2,1-3H3,(H,37,42)(H4,34,35,36). The van der Waals surface area contributed by atoms with Crippen molar-refractivity contribution >= 4 is 24.7 Å².